The molecule has 0 saturated carbocycles. The summed E-state index contributed by atoms with van der Waals surface area (Å²) in [5, 5.41) is 19.7. The Morgan fingerprint density at radius 2 is 1.88 bits per heavy atom. The molecular formula is C20H19NO5. The Labute approximate surface area is 149 Å². The highest BCUT2D eigenvalue weighted by Gasteiger charge is 2.14. The number of pyridine rings is 1. The van der Waals surface area contributed by atoms with Crippen LogP contribution in [0.4, 0.5) is 0 Å². The second-order valence-corrected chi connectivity index (χ2v) is 5.83. The maximum atomic E-state index is 13.0. The van der Waals surface area contributed by atoms with Gasteiger partial charge in [0, 0.05) is 17.5 Å². The van der Waals surface area contributed by atoms with E-state index in [0.29, 0.717) is 34.4 Å². The van der Waals surface area contributed by atoms with Crippen LogP contribution in [0.5, 0.6) is 11.5 Å². The molecule has 3 rings (SSSR count). The number of rotatable bonds is 6. The second kappa shape index (κ2) is 7.31. The molecule has 0 atom stereocenters. The van der Waals surface area contributed by atoms with Gasteiger partial charge in [-0.1, -0.05) is 18.2 Å². The number of phenols is 1. The fourth-order valence-corrected chi connectivity index (χ4v) is 2.92. The van der Waals surface area contributed by atoms with Crippen molar-refractivity contribution >= 4 is 16.9 Å². The summed E-state index contributed by atoms with van der Waals surface area (Å²) >= 11 is 0. The van der Waals surface area contributed by atoms with E-state index < -0.39 is 5.97 Å². The quantitative estimate of drug-likeness (QED) is 0.710. The van der Waals surface area contributed by atoms with Crippen LogP contribution in [0.15, 0.2) is 53.3 Å². The maximum Gasteiger partial charge on any atom is 0.305 e. The van der Waals surface area contributed by atoms with E-state index in [1.165, 1.54) is 10.6 Å². The van der Waals surface area contributed by atoms with Crippen molar-refractivity contribution in [1.29, 1.82) is 0 Å². The topological polar surface area (TPSA) is 88.8 Å². The molecule has 2 aromatic carbocycles. The van der Waals surface area contributed by atoms with Crippen molar-refractivity contribution < 1.29 is 19.7 Å². The van der Waals surface area contributed by atoms with E-state index >= 15 is 0 Å². The van der Waals surface area contributed by atoms with E-state index in [0.717, 1.165) is 0 Å². The third-order valence-electron chi connectivity index (χ3n) is 4.14. The Balaban J connectivity index is 2.18. The Bertz CT molecular complexity index is 1010. The number of phenolic OH excluding ortho intramolecular Hbond substituents is 1. The maximum absolute atomic E-state index is 13.0. The third kappa shape index (κ3) is 3.39. The Hall–Kier alpha value is -3.28. The largest absolute Gasteiger partial charge is 0.507 e. The van der Waals surface area contributed by atoms with Crippen molar-refractivity contribution in [3.05, 3.63) is 58.9 Å². The van der Waals surface area contributed by atoms with Crippen LogP contribution in [0.25, 0.3) is 22.0 Å². The van der Waals surface area contributed by atoms with Crippen molar-refractivity contribution in [2.24, 2.45) is 0 Å². The number of fused-ring (bicyclic) bond motifs is 1. The van der Waals surface area contributed by atoms with Crippen molar-refractivity contribution in [1.82, 2.24) is 4.57 Å². The van der Waals surface area contributed by atoms with E-state index in [4.69, 9.17) is 9.84 Å². The molecule has 1 aromatic heterocycles. The molecule has 0 bridgehead atoms. The zero-order chi connectivity index (χ0) is 18.7. The number of aromatic nitrogens is 1. The lowest BCUT2D eigenvalue weighted by molar-refractivity contribution is -0.137. The second-order valence-electron chi connectivity index (χ2n) is 5.83. The van der Waals surface area contributed by atoms with Crippen molar-refractivity contribution in [3.63, 3.8) is 0 Å². The highest BCUT2D eigenvalue weighted by Crippen LogP contribution is 2.28. The van der Waals surface area contributed by atoms with Crippen LogP contribution in [-0.4, -0.2) is 27.4 Å². The number of aromatic hydroxyl groups is 1. The number of carbonyl (C=O) groups is 1. The fraction of sp³-hybridized carbons (Fsp3) is 0.200. The van der Waals surface area contributed by atoms with E-state index in [1.54, 1.807) is 42.5 Å². The molecule has 0 amide bonds. The van der Waals surface area contributed by atoms with E-state index in [1.807, 2.05) is 6.92 Å². The van der Waals surface area contributed by atoms with Gasteiger partial charge in [0.2, 0.25) is 0 Å². The minimum absolute atomic E-state index is 0.0268. The van der Waals surface area contributed by atoms with Crippen LogP contribution in [-0.2, 0) is 11.3 Å². The summed E-state index contributed by atoms with van der Waals surface area (Å²) in [4.78, 5) is 23.9. The number of hydrogen-bond donors (Lipinski definition) is 2. The first kappa shape index (κ1) is 17.5. The SMILES string of the molecule is CCOc1ccc(-c2cc3c(O)cccc3n(CCC(=O)O)c2=O)cc1. The van der Waals surface area contributed by atoms with Crippen LogP contribution in [0.3, 0.4) is 0 Å². The molecule has 1 heterocycles. The van der Waals surface area contributed by atoms with Gasteiger partial charge in [-0.15, -0.1) is 0 Å². The van der Waals surface area contributed by atoms with Crippen molar-refractivity contribution in [2.45, 2.75) is 19.9 Å². The Morgan fingerprint density at radius 3 is 2.54 bits per heavy atom. The van der Waals surface area contributed by atoms with Gasteiger partial charge in [0.15, 0.2) is 0 Å². The normalized spacial score (nSPS) is 10.8. The Morgan fingerprint density at radius 1 is 1.15 bits per heavy atom. The summed E-state index contributed by atoms with van der Waals surface area (Å²) in [6.07, 6.45) is -0.183. The molecule has 0 spiro atoms. The molecule has 26 heavy (non-hydrogen) atoms. The summed E-state index contributed by atoms with van der Waals surface area (Å²) in [7, 11) is 0. The van der Waals surface area contributed by atoms with Gasteiger partial charge in [-0.3, -0.25) is 9.59 Å². The number of aliphatic carboxylic acids is 1. The molecule has 3 aromatic rings. The number of aryl methyl sites for hydroxylation is 1. The number of hydrogen-bond acceptors (Lipinski definition) is 4. The highest BCUT2D eigenvalue weighted by molar-refractivity contribution is 5.89. The fourth-order valence-electron chi connectivity index (χ4n) is 2.92. The lowest BCUT2D eigenvalue weighted by atomic mass is 10.0. The summed E-state index contributed by atoms with van der Waals surface area (Å²) in [5.41, 5.74) is 1.28. The van der Waals surface area contributed by atoms with Gasteiger partial charge in [0.1, 0.15) is 11.5 Å². The molecule has 0 saturated heterocycles. The number of carboxylic acid groups (broad SMARTS) is 1. The van der Waals surface area contributed by atoms with Crippen LogP contribution in [0.1, 0.15) is 13.3 Å². The summed E-state index contributed by atoms with van der Waals surface area (Å²) in [5.74, 6) is -0.249. The molecule has 0 aliphatic rings. The molecule has 134 valence electrons. The van der Waals surface area contributed by atoms with Gasteiger partial charge in [-0.2, -0.15) is 0 Å². The van der Waals surface area contributed by atoms with E-state index in [-0.39, 0.29) is 24.3 Å². The van der Waals surface area contributed by atoms with Crippen molar-refractivity contribution in [2.75, 3.05) is 6.61 Å². The Kier molecular flexibility index (Phi) is 4.93. The molecule has 6 nitrogen and oxygen atoms in total. The minimum Gasteiger partial charge on any atom is -0.507 e. The standard InChI is InChI=1S/C20H19NO5/c1-2-26-14-8-6-13(7-9-14)15-12-16-17(4-3-5-18(16)22)21(20(15)25)11-10-19(23)24/h3-9,12,22H,2,10-11H2,1H3,(H,23,24). The number of nitrogens with zero attached hydrogens (tertiary/aromatic N) is 1. The smallest absolute Gasteiger partial charge is 0.305 e. The number of benzene rings is 2. The molecule has 6 heteroatoms. The van der Waals surface area contributed by atoms with E-state index in [2.05, 4.69) is 0 Å². The van der Waals surface area contributed by atoms with Gasteiger partial charge >= 0.3 is 5.97 Å². The highest BCUT2D eigenvalue weighted by atomic mass is 16.5. The van der Waals surface area contributed by atoms with Crippen LogP contribution < -0.4 is 10.3 Å². The first-order chi connectivity index (χ1) is 12.5. The van der Waals surface area contributed by atoms with E-state index in [9.17, 15) is 14.7 Å². The predicted molar refractivity (Wildman–Crippen MR) is 98.7 cm³/mol. The summed E-state index contributed by atoms with van der Waals surface area (Å²) in [6, 6.07) is 13.6. The monoisotopic (exact) mass is 353 g/mol. The molecule has 2 N–H and O–H groups in total. The van der Waals surface area contributed by atoms with Gasteiger partial charge in [0.05, 0.1) is 18.5 Å². The first-order valence-electron chi connectivity index (χ1n) is 8.32. The summed E-state index contributed by atoms with van der Waals surface area (Å²) < 4.78 is 6.81. The molecule has 0 aliphatic carbocycles. The van der Waals surface area contributed by atoms with Crippen LogP contribution in [0.2, 0.25) is 0 Å². The zero-order valence-electron chi connectivity index (χ0n) is 14.3. The van der Waals surface area contributed by atoms with Crippen LogP contribution in [0, 0.1) is 0 Å². The molecule has 0 aliphatic heterocycles. The minimum atomic E-state index is -0.989. The molecular weight excluding hydrogens is 334 g/mol. The first-order valence-corrected chi connectivity index (χ1v) is 8.32. The lowest BCUT2D eigenvalue weighted by Gasteiger charge is -2.13. The molecule has 0 radical (unpaired) electrons. The average Bonchev–Trinajstić information content (AvgIpc) is 2.62. The summed E-state index contributed by atoms with van der Waals surface area (Å²) in [6.45, 7) is 2.46. The average molecular weight is 353 g/mol. The number of carboxylic acids is 1. The van der Waals surface area contributed by atoms with Crippen LogP contribution >= 0.6 is 0 Å². The predicted octanol–water partition coefficient (Wildman–Crippen LogP) is 3.25. The van der Waals surface area contributed by atoms with Gasteiger partial charge < -0.3 is 19.5 Å². The third-order valence-corrected chi connectivity index (χ3v) is 4.14. The molecule has 0 fully saturated rings. The molecule has 0 unspecified atom stereocenters. The van der Waals surface area contributed by atoms with Gasteiger partial charge in [0.25, 0.3) is 5.56 Å². The van der Waals surface area contributed by atoms with Gasteiger partial charge in [-0.25, -0.2) is 0 Å². The lowest BCUT2D eigenvalue weighted by Crippen LogP contribution is -2.23. The van der Waals surface area contributed by atoms with Gasteiger partial charge in [-0.05, 0) is 42.8 Å². The van der Waals surface area contributed by atoms with Crippen molar-refractivity contribution in [3.8, 4) is 22.6 Å². The zero-order valence-corrected chi connectivity index (χ0v) is 14.3. The number of ether oxygens (including phenoxy) is 1.